The van der Waals surface area contributed by atoms with E-state index in [0.717, 1.165) is 5.56 Å². The molecule has 0 aliphatic rings. The molecule has 1 aromatic carbocycles. The van der Waals surface area contributed by atoms with Gasteiger partial charge in [-0.05, 0) is 24.1 Å². The van der Waals surface area contributed by atoms with Crippen molar-refractivity contribution >= 4 is 11.6 Å². The molecule has 0 aromatic heterocycles. The zero-order chi connectivity index (χ0) is 8.97. The predicted octanol–water partition coefficient (Wildman–Crippen LogP) is 1.91. The summed E-state index contributed by atoms with van der Waals surface area (Å²) >= 11 is 5.48. The molecule has 0 fully saturated rings. The maximum Gasteiger partial charge on any atom is 0.142 e. The SMILES string of the molecule is NOCCc1ccc(Cl)c(F)c1. The summed E-state index contributed by atoms with van der Waals surface area (Å²) in [5, 5.41) is 0.132. The molecule has 66 valence electrons. The van der Waals surface area contributed by atoms with E-state index in [4.69, 9.17) is 17.5 Å². The Labute approximate surface area is 75.0 Å². The van der Waals surface area contributed by atoms with Crippen molar-refractivity contribution in [2.24, 2.45) is 5.90 Å². The van der Waals surface area contributed by atoms with Crippen LogP contribution in [0.3, 0.4) is 0 Å². The van der Waals surface area contributed by atoms with Crippen LogP contribution in [0.4, 0.5) is 4.39 Å². The fourth-order valence-electron chi connectivity index (χ4n) is 0.872. The molecule has 0 amide bonds. The number of benzene rings is 1. The lowest BCUT2D eigenvalue weighted by Gasteiger charge is -2.00. The van der Waals surface area contributed by atoms with Gasteiger partial charge in [-0.3, -0.25) is 0 Å². The van der Waals surface area contributed by atoms with Crippen LogP contribution in [-0.4, -0.2) is 6.61 Å². The highest BCUT2D eigenvalue weighted by atomic mass is 35.5. The van der Waals surface area contributed by atoms with Crippen molar-refractivity contribution in [2.45, 2.75) is 6.42 Å². The third-order valence-corrected chi connectivity index (χ3v) is 1.80. The van der Waals surface area contributed by atoms with Gasteiger partial charge in [0, 0.05) is 0 Å². The van der Waals surface area contributed by atoms with Crippen LogP contribution in [0.1, 0.15) is 5.56 Å². The van der Waals surface area contributed by atoms with E-state index in [9.17, 15) is 4.39 Å². The summed E-state index contributed by atoms with van der Waals surface area (Å²) in [6, 6.07) is 4.63. The van der Waals surface area contributed by atoms with Gasteiger partial charge in [-0.1, -0.05) is 17.7 Å². The summed E-state index contributed by atoms with van der Waals surface area (Å²) < 4.78 is 12.8. The van der Waals surface area contributed by atoms with Gasteiger partial charge in [0.15, 0.2) is 0 Å². The average molecular weight is 190 g/mol. The van der Waals surface area contributed by atoms with Gasteiger partial charge >= 0.3 is 0 Å². The fourth-order valence-corrected chi connectivity index (χ4v) is 0.989. The van der Waals surface area contributed by atoms with Crippen LogP contribution in [0, 0.1) is 5.82 Å². The average Bonchev–Trinajstić information content (AvgIpc) is 2.07. The highest BCUT2D eigenvalue weighted by molar-refractivity contribution is 6.30. The summed E-state index contributed by atoms with van der Waals surface area (Å²) in [6.45, 7) is 0.376. The van der Waals surface area contributed by atoms with Gasteiger partial charge in [-0.15, -0.1) is 0 Å². The lowest BCUT2D eigenvalue weighted by Crippen LogP contribution is -2.03. The largest absolute Gasteiger partial charge is 0.304 e. The molecule has 0 radical (unpaired) electrons. The third-order valence-electron chi connectivity index (χ3n) is 1.49. The Morgan fingerprint density at radius 2 is 2.25 bits per heavy atom. The minimum atomic E-state index is -0.411. The summed E-state index contributed by atoms with van der Waals surface area (Å²) in [5.41, 5.74) is 0.822. The van der Waals surface area contributed by atoms with Crippen LogP contribution in [-0.2, 0) is 11.3 Å². The molecule has 0 saturated heterocycles. The van der Waals surface area contributed by atoms with E-state index < -0.39 is 5.82 Å². The Morgan fingerprint density at radius 3 is 2.83 bits per heavy atom. The standard InChI is InChI=1S/C8H9ClFNO/c9-7-2-1-6(3-4-12-11)5-8(7)10/h1-2,5H,3-4,11H2. The first-order valence-corrected chi connectivity index (χ1v) is 3.87. The zero-order valence-corrected chi connectivity index (χ0v) is 7.14. The Balaban J connectivity index is 2.69. The van der Waals surface area contributed by atoms with Crippen LogP contribution >= 0.6 is 11.6 Å². The van der Waals surface area contributed by atoms with E-state index in [1.807, 2.05) is 0 Å². The van der Waals surface area contributed by atoms with Crippen molar-refractivity contribution in [2.75, 3.05) is 6.61 Å². The number of hydrogen-bond donors (Lipinski definition) is 1. The Hall–Kier alpha value is -0.640. The third kappa shape index (κ3) is 2.44. The molecule has 0 aliphatic heterocycles. The van der Waals surface area contributed by atoms with E-state index >= 15 is 0 Å². The van der Waals surface area contributed by atoms with Crippen LogP contribution in [0.5, 0.6) is 0 Å². The van der Waals surface area contributed by atoms with E-state index in [2.05, 4.69) is 4.84 Å². The molecular weight excluding hydrogens is 181 g/mol. The van der Waals surface area contributed by atoms with Crippen molar-refractivity contribution < 1.29 is 9.23 Å². The summed E-state index contributed by atoms with van der Waals surface area (Å²) in [6.07, 6.45) is 0.588. The number of halogens is 2. The second-order valence-corrected chi connectivity index (χ2v) is 2.78. The van der Waals surface area contributed by atoms with Crippen molar-refractivity contribution in [3.8, 4) is 0 Å². The van der Waals surface area contributed by atoms with Gasteiger partial charge < -0.3 is 4.84 Å². The first-order valence-electron chi connectivity index (χ1n) is 3.49. The van der Waals surface area contributed by atoms with Crippen molar-refractivity contribution in [3.63, 3.8) is 0 Å². The quantitative estimate of drug-likeness (QED) is 0.738. The van der Waals surface area contributed by atoms with Crippen molar-refractivity contribution in [1.29, 1.82) is 0 Å². The van der Waals surface area contributed by atoms with Crippen LogP contribution < -0.4 is 5.90 Å². The molecule has 0 bridgehead atoms. The van der Waals surface area contributed by atoms with E-state index in [1.165, 1.54) is 12.1 Å². The highest BCUT2D eigenvalue weighted by Crippen LogP contribution is 2.15. The normalized spacial score (nSPS) is 10.2. The smallest absolute Gasteiger partial charge is 0.142 e. The minimum Gasteiger partial charge on any atom is -0.304 e. The molecule has 1 aromatic rings. The minimum absolute atomic E-state index is 0.132. The van der Waals surface area contributed by atoms with Crippen LogP contribution in [0.2, 0.25) is 5.02 Å². The monoisotopic (exact) mass is 189 g/mol. The topological polar surface area (TPSA) is 35.2 Å². The highest BCUT2D eigenvalue weighted by Gasteiger charge is 2.00. The van der Waals surface area contributed by atoms with Gasteiger partial charge in [0.2, 0.25) is 0 Å². The second-order valence-electron chi connectivity index (χ2n) is 2.37. The molecule has 12 heavy (non-hydrogen) atoms. The Kier molecular flexibility index (Phi) is 3.47. The Bertz CT molecular complexity index is 267. The number of hydrogen-bond acceptors (Lipinski definition) is 2. The van der Waals surface area contributed by atoms with Gasteiger partial charge in [0.25, 0.3) is 0 Å². The molecule has 2 nitrogen and oxygen atoms in total. The Morgan fingerprint density at radius 1 is 1.50 bits per heavy atom. The van der Waals surface area contributed by atoms with Crippen molar-refractivity contribution in [3.05, 3.63) is 34.6 Å². The summed E-state index contributed by atoms with van der Waals surface area (Å²) in [4.78, 5) is 4.36. The molecule has 0 spiro atoms. The maximum absolute atomic E-state index is 12.8. The zero-order valence-electron chi connectivity index (χ0n) is 6.39. The lowest BCUT2D eigenvalue weighted by molar-refractivity contribution is 0.141. The molecule has 4 heteroatoms. The van der Waals surface area contributed by atoms with Gasteiger partial charge in [-0.2, -0.15) is 0 Å². The molecule has 0 saturated carbocycles. The number of rotatable bonds is 3. The van der Waals surface area contributed by atoms with E-state index in [0.29, 0.717) is 13.0 Å². The molecule has 0 atom stereocenters. The molecule has 0 unspecified atom stereocenters. The lowest BCUT2D eigenvalue weighted by atomic mass is 10.1. The van der Waals surface area contributed by atoms with Crippen LogP contribution in [0.25, 0.3) is 0 Å². The molecule has 0 heterocycles. The van der Waals surface area contributed by atoms with E-state index in [-0.39, 0.29) is 5.02 Å². The van der Waals surface area contributed by atoms with Crippen molar-refractivity contribution in [1.82, 2.24) is 0 Å². The van der Waals surface area contributed by atoms with Crippen LogP contribution in [0.15, 0.2) is 18.2 Å². The van der Waals surface area contributed by atoms with Gasteiger partial charge in [0.05, 0.1) is 11.6 Å². The first kappa shape index (κ1) is 9.45. The summed E-state index contributed by atoms with van der Waals surface area (Å²) in [7, 11) is 0. The van der Waals surface area contributed by atoms with Gasteiger partial charge in [0.1, 0.15) is 5.82 Å². The molecule has 0 aliphatic carbocycles. The predicted molar refractivity (Wildman–Crippen MR) is 45.3 cm³/mol. The number of nitrogens with two attached hydrogens (primary N) is 1. The molecular formula is C8H9ClFNO. The maximum atomic E-state index is 12.8. The van der Waals surface area contributed by atoms with E-state index in [1.54, 1.807) is 6.07 Å². The first-order chi connectivity index (χ1) is 5.74. The summed E-state index contributed by atoms with van der Waals surface area (Å²) in [5.74, 6) is 4.41. The van der Waals surface area contributed by atoms with Gasteiger partial charge in [-0.25, -0.2) is 10.3 Å². The molecule has 2 N–H and O–H groups in total. The fraction of sp³-hybridized carbons (Fsp3) is 0.250. The second kappa shape index (κ2) is 4.40. The molecule has 1 rings (SSSR count).